The summed E-state index contributed by atoms with van der Waals surface area (Å²) >= 11 is 1.50. The van der Waals surface area contributed by atoms with E-state index in [1.165, 1.54) is 21.8 Å². The van der Waals surface area contributed by atoms with Gasteiger partial charge in [0.15, 0.2) is 0 Å². The first kappa shape index (κ1) is 14.2. The van der Waals surface area contributed by atoms with Crippen molar-refractivity contribution in [3.05, 3.63) is 21.4 Å². The molecule has 5 heteroatoms. The van der Waals surface area contributed by atoms with Crippen molar-refractivity contribution in [3.8, 4) is 0 Å². The van der Waals surface area contributed by atoms with Crippen LogP contribution in [-0.4, -0.2) is 26.2 Å². The van der Waals surface area contributed by atoms with Gasteiger partial charge >= 0.3 is 0 Å². The number of ether oxygens (including phenoxy) is 1. The molecule has 0 bridgehead atoms. The van der Waals surface area contributed by atoms with Crippen LogP contribution in [0.2, 0.25) is 0 Å². The lowest BCUT2D eigenvalue weighted by molar-refractivity contribution is 0.00914. The summed E-state index contributed by atoms with van der Waals surface area (Å²) in [6.07, 6.45) is 2.10. The molecular weight excluding hydrogens is 238 g/mol. The fraction of sp³-hybridized carbons (Fsp3) is 0.583. The highest BCUT2D eigenvalue weighted by Crippen LogP contribution is 2.22. The SMILES string of the molecule is CCCc1cc(C(=O)NOCCOC)sc1C. The third-order valence-corrected chi connectivity index (χ3v) is 3.41. The van der Waals surface area contributed by atoms with Crippen molar-refractivity contribution in [2.45, 2.75) is 26.7 Å². The van der Waals surface area contributed by atoms with Gasteiger partial charge in [0.1, 0.15) is 0 Å². The lowest BCUT2D eigenvalue weighted by atomic mass is 10.1. The van der Waals surface area contributed by atoms with E-state index in [1.54, 1.807) is 7.11 Å². The number of hydrogen-bond acceptors (Lipinski definition) is 4. The molecule has 1 rings (SSSR count). The van der Waals surface area contributed by atoms with Crippen molar-refractivity contribution in [1.82, 2.24) is 5.48 Å². The average molecular weight is 257 g/mol. The molecule has 0 saturated heterocycles. The molecule has 0 atom stereocenters. The highest BCUT2D eigenvalue weighted by molar-refractivity contribution is 7.14. The zero-order valence-corrected chi connectivity index (χ0v) is 11.4. The molecule has 1 amide bonds. The molecule has 0 aliphatic heterocycles. The van der Waals surface area contributed by atoms with Crippen LogP contribution in [0.25, 0.3) is 0 Å². The molecule has 0 fully saturated rings. The Morgan fingerprint density at radius 3 is 2.88 bits per heavy atom. The minimum absolute atomic E-state index is 0.184. The van der Waals surface area contributed by atoms with E-state index in [9.17, 15) is 4.79 Å². The summed E-state index contributed by atoms with van der Waals surface area (Å²) in [5, 5.41) is 0. The predicted octanol–water partition coefficient (Wildman–Crippen LogP) is 2.32. The van der Waals surface area contributed by atoms with E-state index >= 15 is 0 Å². The van der Waals surface area contributed by atoms with E-state index in [4.69, 9.17) is 9.57 Å². The molecule has 4 nitrogen and oxygen atoms in total. The van der Waals surface area contributed by atoms with Crippen molar-refractivity contribution in [3.63, 3.8) is 0 Å². The lowest BCUT2D eigenvalue weighted by Crippen LogP contribution is -2.24. The smallest absolute Gasteiger partial charge is 0.284 e. The summed E-state index contributed by atoms with van der Waals surface area (Å²) < 4.78 is 4.81. The summed E-state index contributed by atoms with van der Waals surface area (Å²) in [4.78, 5) is 18.6. The molecule has 0 unspecified atom stereocenters. The zero-order valence-electron chi connectivity index (χ0n) is 10.5. The second-order valence-electron chi connectivity index (χ2n) is 3.71. The number of rotatable bonds is 7. The van der Waals surface area contributed by atoms with Crippen LogP contribution in [0.3, 0.4) is 0 Å². The Kier molecular flexibility index (Phi) is 6.18. The molecule has 17 heavy (non-hydrogen) atoms. The van der Waals surface area contributed by atoms with Gasteiger partial charge in [-0.15, -0.1) is 11.3 Å². The normalized spacial score (nSPS) is 10.5. The molecule has 96 valence electrons. The van der Waals surface area contributed by atoms with Gasteiger partial charge in [0, 0.05) is 12.0 Å². The first-order chi connectivity index (χ1) is 8.19. The predicted molar refractivity (Wildman–Crippen MR) is 68.3 cm³/mol. The Morgan fingerprint density at radius 2 is 2.24 bits per heavy atom. The number of nitrogens with one attached hydrogen (secondary N) is 1. The van der Waals surface area contributed by atoms with E-state index in [0.717, 1.165) is 12.8 Å². The number of hydrogen-bond donors (Lipinski definition) is 1. The first-order valence-corrected chi connectivity index (χ1v) is 6.51. The van der Waals surface area contributed by atoms with E-state index in [-0.39, 0.29) is 5.91 Å². The Labute approximate surface area is 106 Å². The van der Waals surface area contributed by atoms with Gasteiger partial charge in [-0.2, -0.15) is 0 Å². The molecular formula is C12H19NO3S. The van der Waals surface area contributed by atoms with Gasteiger partial charge in [0.2, 0.25) is 0 Å². The minimum atomic E-state index is -0.184. The van der Waals surface area contributed by atoms with Gasteiger partial charge in [-0.3, -0.25) is 9.63 Å². The summed E-state index contributed by atoms with van der Waals surface area (Å²) in [6, 6.07) is 1.94. The molecule has 0 radical (unpaired) electrons. The van der Waals surface area contributed by atoms with Crippen LogP contribution in [0.5, 0.6) is 0 Å². The quantitative estimate of drug-likeness (QED) is 0.602. The maximum Gasteiger partial charge on any atom is 0.284 e. The van der Waals surface area contributed by atoms with Gasteiger partial charge in [0.05, 0.1) is 18.1 Å². The Hall–Kier alpha value is -0.910. The van der Waals surface area contributed by atoms with Gasteiger partial charge in [0.25, 0.3) is 5.91 Å². The Morgan fingerprint density at radius 1 is 1.47 bits per heavy atom. The summed E-state index contributed by atoms with van der Waals surface area (Å²) in [5.41, 5.74) is 3.66. The second kappa shape index (κ2) is 7.42. The van der Waals surface area contributed by atoms with Crippen LogP contribution in [0, 0.1) is 6.92 Å². The molecule has 0 aromatic carbocycles. The van der Waals surface area contributed by atoms with E-state index < -0.39 is 0 Å². The highest BCUT2D eigenvalue weighted by atomic mass is 32.1. The highest BCUT2D eigenvalue weighted by Gasteiger charge is 2.11. The van der Waals surface area contributed by atoms with Gasteiger partial charge in [-0.1, -0.05) is 13.3 Å². The third kappa shape index (κ3) is 4.46. The zero-order chi connectivity index (χ0) is 12.7. The number of methoxy groups -OCH3 is 1. The third-order valence-electron chi connectivity index (χ3n) is 2.32. The minimum Gasteiger partial charge on any atom is -0.382 e. The maximum absolute atomic E-state index is 11.7. The number of thiophene rings is 1. The fourth-order valence-electron chi connectivity index (χ4n) is 1.44. The van der Waals surface area contributed by atoms with Crippen LogP contribution in [-0.2, 0) is 16.0 Å². The molecule has 0 aliphatic rings. The van der Waals surface area contributed by atoms with E-state index in [2.05, 4.69) is 12.4 Å². The van der Waals surface area contributed by atoms with E-state index in [0.29, 0.717) is 18.1 Å². The summed E-state index contributed by atoms with van der Waals surface area (Å²) in [7, 11) is 1.59. The molecule has 0 spiro atoms. The van der Waals surface area contributed by atoms with Crippen molar-refractivity contribution in [1.29, 1.82) is 0 Å². The molecule has 0 aliphatic carbocycles. The summed E-state index contributed by atoms with van der Waals surface area (Å²) in [6.45, 7) is 4.99. The maximum atomic E-state index is 11.7. The summed E-state index contributed by atoms with van der Waals surface area (Å²) in [5.74, 6) is -0.184. The number of carbonyl (C=O) groups is 1. The van der Waals surface area contributed by atoms with Crippen molar-refractivity contribution >= 4 is 17.2 Å². The van der Waals surface area contributed by atoms with Crippen LogP contribution >= 0.6 is 11.3 Å². The largest absolute Gasteiger partial charge is 0.382 e. The van der Waals surface area contributed by atoms with E-state index in [1.807, 2.05) is 13.0 Å². The fourth-order valence-corrected chi connectivity index (χ4v) is 2.40. The first-order valence-electron chi connectivity index (χ1n) is 5.69. The van der Waals surface area contributed by atoms with Gasteiger partial charge < -0.3 is 4.74 Å². The molecule has 0 saturated carbocycles. The molecule has 1 aromatic heterocycles. The topological polar surface area (TPSA) is 47.6 Å². The Bertz CT molecular complexity index is 363. The number of carbonyl (C=O) groups excluding carboxylic acids is 1. The van der Waals surface area contributed by atoms with Crippen LogP contribution < -0.4 is 5.48 Å². The molecule has 1 N–H and O–H groups in total. The number of aryl methyl sites for hydroxylation is 2. The average Bonchev–Trinajstić information content (AvgIpc) is 2.67. The number of amides is 1. The molecule has 1 heterocycles. The molecule has 1 aromatic rings. The standard InChI is InChI=1S/C12H19NO3S/c1-4-5-10-8-11(17-9(10)2)12(14)13-16-7-6-15-3/h8H,4-7H2,1-3H3,(H,13,14). The van der Waals surface area contributed by atoms with Crippen LogP contribution in [0.1, 0.15) is 33.5 Å². The van der Waals surface area contributed by atoms with Gasteiger partial charge in [-0.25, -0.2) is 5.48 Å². The lowest BCUT2D eigenvalue weighted by Gasteiger charge is -2.03. The monoisotopic (exact) mass is 257 g/mol. The van der Waals surface area contributed by atoms with Crippen LogP contribution in [0.15, 0.2) is 6.07 Å². The second-order valence-corrected chi connectivity index (χ2v) is 4.97. The van der Waals surface area contributed by atoms with Crippen LogP contribution in [0.4, 0.5) is 0 Å². The van der Waals surface area contributed by atoms with Crippen molar-refractivity contribution < 1.29 is 14.4 Å². The van der Waals surface area contributed by atoms with Crippen molar-refractivity contribution in [2.24, 2.45) is 0 Å². The number of hydroxylamine groups is 1. The van der Waals surface area contributed by atoms with Gasteiger partial charge in [-0.05, 0) is 25.0 Å². The van der Waals surface area contributed by atoms with Crippen molar-refractivity contribution in [2.75, 3.05) is 20.3 Å². The Balaban J connectivity index is 2.48.